The number of halogens is 1. The van der Waals surface area contributed by atoms with Gasteiger partial charge in [0.1, 0.15) is 6.54 Å². The van der Waals surface area contributed by atoms with Gasteiger partial charge in [-0.3, -0.25) is 19.3 Å². The molecule has 28 heavy (non-hydrogen) atoms. The number of fused-ring (bicyclic) bond motifs is 1. The third-order valence-corrected chi connectivity index (χ3v) is 5.91. The van der Waals surface area contributed by atoms with E-state index in [9.17, 15) is 14.4 Å². The molecule has 1 fully saturated rings. The Bertz CT molecular complexity index is 797. The van der Waals surface area contributed by atoms with Gasteiger partial charge in [0.05, 0.1) is 26.1 Å². The summed E-state index contributed by atoms with van der Waals surface area (Å²) in [6.45, 7) is 0.148. The molecule has 2 atom stereocenters. The first-order valence-electron chi connectivity index (χ1n) is 9.13. The zero-order valence-corrected chi connectivity index (χ0v) is 17.5. The van der Waals surface area contributed by atoms with Crippen LogP contribution in [0.1, 0.15) is 18.4 Å². The number of carbonyl (C=O) groups is 3. The number of nitrogens with one attached hydrogen (secondary N) is 1. The fourth-order valence-corrected chi connectivity index (χ4v) is 4.17. The van der Waals surface area contributed by atoms with Crippen molar-refractivity contribution >= 4 is 33.7 Å². The van der Waals surface area contributed by atoms with Crippen molar-refractivity contribution in [1.82, 2.24) is 10.2 Å². The van der Waals surface area contributed by atoms with Gasteiger partial charge < -0.3 is 14.8 Å². The van der Waals surface area contributed by atoms with E-state index in [0.717, 1.165) is 14.9 Å². The maximum Gasteiger partial charge on any atom is 0.240 e. The number of ether oxygens (including phenoxy) is 2. The van der Waals surface area contributed by atoms with Gasteiger partial charge in [-0.25, -0.2) is 0 Å². The highest BCUT2D eigenvalue weighted by Gasteiger charge is 2.47. The molecule has 2 unspecified atom stereocenters. The SMILES string of the molecule is COc1cc(Br)c(CCNC(=O)CN2C(=O)C3CC=CCC3C2=O)cc1OC. The van der Waals surface area contributed by atoms with Crippen molar-refractivity contribution in [2.24, 2.45) is 11.8 Å². The van der Waals surface area contributed by atoms with E-state index in [1.807, 2.05) is 24.3 Å². The summed E-state index contributed by atoms with van der Waals surface area (Å²) in [6, 6.07) is 3.66. The van der Waals surface area contributed by atoms with Crippen LogP contribution < -0.4 is 14.8 Å². The van der Waals surface area contributed by atoms with Gasteiger partial charge in [0.15, 0.2) is 11.5 Å². The van der Waals surface area contributed by atoms with Crippen LogP contribution in [0.15, 0.2) is 28.8 Å². The van der Waals surface area contributed by atoms with Crippen molar-refractivity contribution in [2.75, 3.05) is 27.3 Å². The lowest BCUT2D eigenvalue weighted by Gasteiger charge is -2.15. The summed E-state index contributed by atoms with van der Waals surface area (Å²) in [5, 5.41) is 2.78. The van der Waals surface area contributed by atoms with Crippen molar-refractivity contribution in [3.8, 4) is 11.5 Å². The molecule has 1 aromatic carbocycles. The minimum absolute atomic E-state index is 0.224. The number of carbonyl (C=O) groups excluding carboxylic acids is 3. The van der Waals surface area contributed by atoms with E-state index in [1.54, 1.807) is 14.2 Å². The number of allylic oxidation sites excluding steroid dienone is 2. The Kier molecular flexibility index (Phi) is 6.39. The van der Waals surface area contributed by atoms with E-state index in [2.05, 4.69) is 21.2 Å². The van der Waals surface area contributed by atoms with Crippen LogP contribution in [-0.4, -0.2) is 49.9 Å². The predicted molar refractivity (Wildman–Crippen MR) is 106 cm³/mol. The standard InChI is InChI=1S/C20H23BrN2O5/c1-27-16-9-12(15(21)10-17(16)28-2)7-8-22-18(24)11-23-19(25)13-5-3-4-6-14(13)20(23)26/h3-4,9-10,13-14H,5-8,11H2,1-2H3,(H,22,24). The molecule has 3 amide bonds. The highest BCUT2D eigenvalue weighted by atomic mass is 79.9. The maximum atomic E-state index is 12.4. The zero-order valence-electron chi connectivity index (χ0n) is 15.9. The molecule has 150 valence electrons. The number of methoxy groups -OCH3 is 2. The molecule has 0 radical (unpaired) electrons. The molecule has 0 saturated carbocycles. The molecule has 1 heterocycles. The Balaban J connectivity index is 1.54. The normalized spacial score (nSPS) is 20.9. The Hall–Kier alpha value is -2.35. The minimum atomic E-state index is -0.343. The fourth-order valence-electron chi connectivity index (χ4n) is 3.65. The molecule has 1 aromatic rings. The smallest absolute Gasteiger partial charge is 0.240 e. The summed E-state index contributed by atoms with van der Waals surface area (Å²) < 4.78 is 11.4. The van der Waals surface area contributed by atoms with Gasteiger partial charge in [0, 0.05) is 11.0 Å². The molecule has 1 saturated heterocycles. The second-order valence-electron chi connectivity index (χ2n) is 6.82. The molecule has 0 spiro atoms. The number of hydrogen-bond acceptors (Lipinski definition) is 5. The lowest BCUT2D eigenvalue weighted by atomic mass is 9.85. The molecule has 8 heteroatoms. The largest absolute Gasteiger partial charge is 0.493 e. The van der Waals surface area contributed by atoms with E-state index in [-0.39, 0.29) is 36.1 Å². The van der Waals surface area contributed by atoms with Gasteiger partial charge >= 0.3 is 0 Å². The van der Waals surface area contributed by atoms with E-state index >= 15 is 0 Å². The lowest BCUT2D eigenvalue weighted by Crippen LogP contribution is -2.41. The van der Waals surface area contributed by atoms with Crippen molar-refractivity contribution < 1.29 is 23.9 Å². The van der Waals surface area contributed by atoms with Crippen LogP contribution >= 0.6 is 15.9 Å². The van der Waals surface area contributed by atoms with Crippen LogP contribution in [0, 0.1) is 11.8 Å². The van der Waals surface area contributed by atoms with E-state index in [1.165, 1.54) is 0 Å². The van der Waals surface area contributed by atoms with Crippen molar-refractivity contribution in [1.29, 1.82) is 0 Å². The monoisotopic (exact) mass is 450 g/mol. The number of rotatable bonds is 7. The first-order valence-corrected chi connectivity index (χ1v) is 9.92. The summed E-state index contributed by atoms with van der Waals surface area (Å²) in [5.41, 5.74) is 0.948. The van der Waals surface area contributed by atoms with Gasteiger partial charge in [0.25, 0.3) is 0 Å². The molecule has 0 aromatic heterocycles. The number of hydrogen-bond donors (Lipinski definition) is 1. The van der Waals surface area contributed by atoms with Crippen LogP contribution in [0.5, 0.6) is 11.5 Å². The second kappa shape index (κ2) is 8.77. The minimum Gasteiger partial charge on any atom is -0.493 e. The third kappa shape index (κ3) is 4.06. The summed E-state index contributed by atoms with van der Waals surface area (Å²) in [6.07, 6.45) is 5.55. The van der Waals surface area contributed by atoms with Crippen LogP contribution in [0.2, 0.25) is 0 Å². The summed E-state index contributed by atoms with van der Waals surface area (Å²) in [5.74, 6) is -0.221. The number of nitrogens with zero attached hydrogens (tertiary/aromatic N) is 1. The molecular formula is C20H23BrN2O5. The zero-order chi connectivity index (χ0) is 20.3. The molecule has 0 bridgehead atoms. The molecule has 7 nitrogen and oxygen atoms in total. The molecule has 1 aliphatic heterocycles. The van der Waals surface area contributed by atoms with E-state index < -0.39 is 0 Å². The Labute approximate surface area is 172 Å². The topological polar surface area (TPSA) is 84.9 Å². The van der Waals surface area contributed by atoms with Crippen molar-refractivity contribution in [2.45, 2.75) is 19.3 Å². The van der Waals surface area contributed by atoms with Crippen LogP contribution in [0.3, 0.4) is 0 Å². The van der Waals surface area contributed by atoms with Gasteiger partial charge in [-0.05, 0) is 37.0 Å². The Morgan fingerprint density at radius 2 is 1.68 bits per heavy atom. The number of likely N-dealkylation sites (tertiary alicyclic amines) is 1. The molecular weight excluding hydrogens is 428 g/mol. The van der Waals surface area contributed by atoms with Crippen molar-refractivity contribution in [3.63, 3.8) is 0 Å². The van der Waals surface area contributed by atoms with Crippen LogP contribution in [0.4, 0.5) is 0 Å². The van der Waals surface area contributed by atoms with E-state index in [0.29, 0.717) is 37.3 Å². The van der Waals surface area contributed by atoms with Crippen LogP contribution in [-0.2, 0) is 20.8 Å². The summed E-state index contributed by atoms with van der Waals surface area (Å²) in [4.78, 5) is 38.2. The van der Waals surface area contributed by atoms with Crippen molar-refractivity contribution in [3.05, 3.63) is 34.3 Å². The lowest BCUT2D eigenvalue weighted by molar-refractivity contribution is -0.143. The second-order valence-corrected chi connectivity index (χ2v) is 7.67. The third-order valence-electron chi connectivity index (χ3n) is 5.17. The highest BCUT2D eigenvalue weighted by Crippen LogP contribution is 2.35. The quantitative estimate of drug-likeness (QED) is 0.507. The van der Waals surface area contributed by atoms with E-state index in [4.69, 9.17) is 9.47 Å². The number of imide groups is 1. The van der Waals surface area contributed by atoms with Gasteiger partial charge in [-0.15, -0.1) is 0 Å². The Morgan fingerprint density at radius 3 is 2.25 bits per heavy atom. The number of amides is 3. The average molecular weight is 451 g/mol. The first kappa shape index (κ1) is 20.4. The summed E-state index contributed by atoms with van der Waals surface area (Å²) >= 11 is 3.49. The van der Waals surface area contributed by atoms with Gasteiger partial charge in [-0.1, -0.05) is 28.1 Å². The van der Waals surface area contributed by atoms with Gasteiger partial charge in [-0.2, -0.15) is 0 Å². The number of benzene rings is 1. The summed E-state index contributed by atoms with van der Waals surface area (Å²) in [7, 11) is 3.13. The molecule has 3 rings (SSSR count). The fraction of sp³-hybridized carbons (Fsp3) is 0.450. The molecule has 1 aliphatic carbocycles. The highest BCUT2D eigenvalue weighted by molar-refractivity contribution is 9.10. The Morgan fingerprint density at radius 1 is 1.11 bits per heavy atom. The first-order chi connectivity index (χ1) is 13.5. The maximum absolute atomic E-state index is 12.4. The van der Waals surface area contributed by atoms with Gasteiger partial charge in [0.2, 0.25) is 17.7 Å². The molecule has 1 N–H and O–H groups in total. The van der Waals surface area contributed by atoms with Crippen LogP contribution in [0.25, 0.3) is 0 Å². The predicted octanol–water partition coefficient (Wildman–Crippen LogP) is 2.08. The molecule has 2 aliphatic rings. The average Bonchev–Trinajstić information content (AvgIpc) is 2.94.